The van der Waals surface area contributed by atoms with Crippen LogP contribution >= 0.6 is 0 Å². The molecule has 0 aromatic rings. The van der Waals surface area contributed by atoms with Gasteiger partial charge in [0.2, 0.25) is 0 Å². The zero-order chi connectivity index (χ0) is 47.1. The monoisotopic (exact) mass is 929 g/mol. The highest BCUT2D eigenvalue weighted by atomic mass is 16.8. The molecule has 0 bridgehead atoms. The smallest absolute Gasteiger partial charge is 0.161 e. The number of carbonyl (C=O) groups excluding carboxylic acids is 1. The van der Waals surface area contributed by atoms with E-state index in [0.29, 0.717) is 32.1 Å². The van der Waals surface area contributed by atoms with Crippen LogP contribution in [-0.4, -0.2) is 184 Å². The second-order valence-electron chi connectivity index (χ2n) is 21.0. The molecule has 8 rings (SSSR count). The Morgan fingerprint density at radius 1 is 0.662 bits per heavy atom. The lowest BCUT2D eigenvalue weighted by Gasteiger charge is -2.66. The van der Waals surface area contributed by atoms with Crippen molar-refractivity contribution in [2.24, 2.45) is 22.7 Å². The zero-order valence-electron chi connectivity index (χ0n) is 39.4. The fraction of sp³-hybridized carbons (Fsp3) is 0.936. The molecule has 3 saturated carbocycles. The van der Waals surface area contributed by atoms with Crippen LogP contribution in [0.3, 0.4) is 0 Å². The molecule has 0 amide bonds. The molecule has 0 unspecified atom stereocenters. The largest absolute Gasteiger partial charge is 0.392 e. The third-order valence-electron chi connectivity index (χ3n) is 17.4. The van der Waals surface area contributed by atoms with Crippen LogP contribution in [0.4, 0.5) is 0 Å². The molecule has 65 heavy (non-hydrogen) atoms. The summed E-state index contributed by atoms with van der Waals surface area (Å²) >= 11 is 0. The van der Waals surface area contributed by atoms with Crippen molar-refractivity contribution < 1.29 is 87.9 Å². The van der Waals surface area contributed by atoms with Gasteiger partial charge in [0, 0.05) is 57.2 Å². The molecule has 0 spiro atoms. The molecular formula is C47H76O18. The van der Waals surface area contributed by atoms with Gasteiger partial charge in [-0.05, 0) is 78.6 Å². The van der Waals surface area contributed by atoms with Gasteiger partial charge in [-0.1, -0.05) is 25.5 Å². The van der Waals surface area contributed by atoms with E-state index in [1.165, 1.54) is 14.0 Å². The summed E-state index contributed by atoms with van der Waals surface area (Å²) in [7, 11) is 3.13. The first kappa shape index (κ1) is 50.1. The van der Waals surface area contributed by atoms with E-state index < -0.39 is 144 Å². The number of hydrogen-bond acceptors (Lipinski definition) is 18. The van der Waals surface area contributed by atoms with Gasteiger partial charge in [0.05, 0.1) is 67.1 Å². The third-order valence-corrected chi connectivity index (χ3v) is 17.4. The summed E-state index contributed by atoms with van der Waals surface area (Å²) in [6.45, 7) is 12.3. The first-order valence-corrected chi connectivity index (χ1v) is 23.9. The number of aliphatic hydroxyl groups is 7. The van der Waals surface area contributed by atoms with Gasteiger partial charge >= 0.3 is 0 Å². The third kappa shape index (κ3) is 8.53. The van der Waals surface area contributed by atoms with Crippen molar-refractivity contribution in [1.82, 2.24) is 0 Å². The summed E-state index contributed by atoms with van der Waals surface area (Å²) in [5.74, 6) is -1.56. The number of aliphatic hydroxyl groups excluding tert-OH is 5. The SMILES string of the molecule is CO[C@H]1C[C@H](O[C@H]2CC[C@@]3(C)C(=CC[C@]4(O)[C@@H]3C[C@@H](O)[C@]3(C)[C@H](C(C)=O)C[C@@H](O)[C@@]34O)C2)O[C@H](C)[C@H]1O[C@H]1C[C@H](O)[C@H](O[C@H]2C[C@H](O)[C@H](O[C@H]3C[C@@H](OC)[C@H](O)[C@@H](C)O3)[C@@H](C)O2)[C@@H](C)O1. The molecule has 25 atom stereocenters. The Kier molecular flexibility index (Phi) is 14.5. The van der Waals surface area contributed by atoms with Gasteiger partial charge in [-0.15, -0.1) is 0 Å². The molecule has 372 valence electrons. The second-order valence-corrected chi connectivity index (χ2v) is 21.0. The van der Waals surface area contributed by atoms with Crippen molar-refractivity contribution in [2.45, 2.75) is 241 Å². The molecule has 0 aromatic heterocycles. The minimum absolute atomic E-state index is 0.0152. The van der Waals surface area contributed by atoms with Gasteiger partial charge in [-0.25, -0.2) is 0 Å². The minimum atomic E-state index is -2.08. The van der Waals surface area contributed by atoms with E-state index in [4.69, 9.17) is 47.4 Å². The number of Topliss-reactive ketones (excluding diaryl/α,β-unsaturated/α-hetero) is 1. The molecule has 4 aliphatic heterocycles. The zero-order valence-corrected chi connectivity index (χ0v) is 39.4. The number of ketones is 1. The minimum Gasteiger partial charge on any atom is -0.392 e. The van der Waals surface area contributed by atoms with E-state index in [2.05, 4.69) is 6.92 Å². The maximum absolute atomic E-state index is 12.7. The van der Waals surface area contributed by atoms with Gasteiger partial charge in [-0.2, -0.15) is 0 Å². The molecule has 4 saturated heterocycles. The van der Waals surface area contributed by atoms with Crippen LogP contribution in [-0.2, 0) is 52.2 Å². The maximum atomic E-state index is 12.7. The van der Waals surface area contributed by atoms with Crippen LogP contribution in [0, 0.1) is 22.7 Å². The van der Waals surface area contributed by atoms with E-state index in [-0.39, 0.29) is 44.0 Å². The summed E-state index contributed by atoms with van der Waals surface area (Å²) in [6, 6.07) is 0. The summed E-state index contributed by atoms with van der Waals surface area (Å²) in [5.41, 5.74) is -4.75. The van der Waals surface area contributed by atoms with Crippen molar-refractivity contribution >= 4 is 5.78 Å². The van der Waals surface area contributed by atoms with Crippen LogP contribution in [0.5, 0.6) is 0 Å². The molecule has 4 aliphatic carbocycles. The number of hydrogen-bond donors (Lipinski definition) is 7. The topological polar surface area (TPSA) is 251 Å². The lowest BCUT2D eigenvalue weighted by molar-refractivity contribution is -0.345. The molecule has 7 fully saturated rings. The lowest BCUT2D eigenvalue weighted by Crippen LogP contribution is -2.78. The molecule has 7 N–H and O–H groups in total. The summed E-state index contributed by atoms with van der Waals surface area (Å²) in [6.07, 6.45) is -8.61. The molecule has 0 aromatic carbocycles. The molecule has 0 radical (unpaired) electrons. The van der Waals surface area contributed by atoms with Crippen LogP contribution in [0.1, 0.15) is 113 Å². The Morgan fingerprint density at radius 3 is 1.72 bits per heavy atom. The second kappa shape index (κ2) is 18.8. The van der Waals surface area contributed by atoms with E-state index in [1.54, 1.807) is 34.8 Å². The predicted molar refractivity (Wildman–Crippen MR) is 226 cm³/mol. The number of fused-ring (bicyclic) bond motifs is 5. The number of rotatable bonds is 11. The highest BCUT2D eigenvalue weighted by Gasteiger charge is 2.79. The Morgan fingerprint density at radius 2 is 1.17 bits per heavy atom. The van der Waals surface area contributed by atoms with E-state index in [0.717, 1.165) is 5.57 Å². The maximum Gasteiger partial charge on any atom is 0.161 e. The van der Waals surface area contributed by atoms with Crippen molar-refractivity contribution in [3.05, 3.63) is 11.6 Å². The molecule has 18 heteroatoms. The Hall–Kier alpha value is -1.27. The Bertz CT molecular complexity index is 1700. The summed E-state index contributed by atoms with van der Waals surface area (Å²) < 4.78 is 61.4. The number of carbonyl (C=O) groups is 1. The molecule has 18 nitrogen and oxygen atoms in total. The fourth-order valence-corrected chi connectivity index (χ4v) is 13.6. The molecular weight excluding hydrogens is 852 g/mol. The normalized spacial score (nSPS) is 54.8. The standard InChI is InChI=1S/C47H76O18/c1-21(48)28-15-35(52)47(55)45(28,7)34(51)20-33-44(6)12-11-27(14-26(44)10-13-46(33,47)54)62-38-19-32(57-9)43(25(5)61-38)65-37-17-30(50)41(23(3)60-37)63-36-16-29(49)42(24(4)59-36)64-39-18-31(56-8)40(53)22(2)58-39/h10,22-25,27-43,49-55H,11-20H2,1-9H3/t22-,23-,24-,25-,27+,28+,29+,30+,31-,32+,33-,34-,35-,36+,37+,38+,39+,40-,41-,42-,43-,44+,45+,46+,47-/m1/s1. The number of methoxy groups -OCH3 is 2. The van der Waals surface area contributed by atoms with E-state index in [9.17, 15) is 40.5 Å². The van der Waals surface area contributed by atoms with Crippen molar-refractivity contribution in [1.29, 1.82) is 0 Å². The van der Waals surface area contributed by atoms with Crippen molar-refractivity contribution in [2.75, 3.05) is 14.2 Å². The van der Waals surface area contributed by atoms with Crippen molar-refractivity contribution in [3.63, 3.8) is 0 Å². The van der Waals surface area contributed by atoms with Crippen LogP contribution < -0.4 is 0 Å². The fourth-order valence-electron chi connectivity index (χ4n) is 13.6. The first-order valence-electron chi connectivity index (χ1n) is 23.9. The van der Waals surface area contributed by atoms with Crippen LogP contribution in [0.15, 0.2) is 11.6 Å². The summed E-state index contributed by atoms with van der Waals surface area (Å²) in [4.78, 5) is 12.7. The first-order chi connectivity index (χ1) is 30.6. The predicted octanol–water partition coefficient (Wildman–Crippen LogP) is 1.52. The lowest BCUT2D eigenvalue weighted by atomic mass is 9.42. The quantitative estimate of drug-likeness (QED) is 0.145. The molecule has 4 heterocycles. The Balaban J connectivity index is 0.832. The summed E-state index contributed by atoms with van der Waals surface area (Å²) in [5, 5.41) is 80.7. The van der Waals surface area contributed by atoms with E-state index >= 15 is 0 Å². The Labute approximate surface area is 382 Å². The van der Waals surface area contributed by atoms with Crippen LogP contribution in [0.25, 0.3) is 0 Å². The van der Waals surface area contributed by atoms with Gasteiger partial charge < -0.3 is 83.1 Å². The van der Waals surface area contributed by atoms with Gasteiger partial charge in [0.1, 0.15) is 41.4 Å². The number of ether oxygens (including phenoxy) is 10. The average Bonchev–Trinajstić information content (AvgIpc) is 3.47. The van der Waals surface area contributed by atoms with Gasteiger partial charge in [-0.3, -0.25) is 4.79 Å². The van der Waals surface area contributed by atoms with Gasteiger partial charge in [0.15, 0.2) is 25.2 Å². The average molecular weight is 929 g/mol. The van der Waals surface area contributed by atoms with Crippen molar-refractivity contribution in [3.8, 4) is 0 Å². The highest BCUT2D eigenvalue weighted by Crippen LogP contribution is 2.69. The van der Waals surface area contributed by atoms with E-state index in [1.807, 2.05) is 13.0 Å². The molecule has 8 aliphatic rings. The van der Waals surface area contributed by atoms with Gasteiger partial charge in [0.25, 0.3) is 0 Å². The van der Waals surface area contributed by atoms with Crippen LogP contribution in [0.2, 0.25) is 0 Å². The highest BCUT2D eigenvalue weighted by molar-refractivity contribution is 5.80.